The van der Waals surface area contributed by atoms with Gasteiger partial charge in [0.25, 0.3) is 5.56 Å². The first-order valence-electron chi connectivity index (χ1n) is 12.3. The number of aromatic amines is 1. The quantitative estimate of drug-likeness (QED) is 0.204. The van der Waals surface area contributed by atoms with E-state index in [1.807, 2.05) is 41.8 Å². The van der Waals surface area contributed by atoms with E-state index in [4.69, 9.17) is 18.9 Å². The molecule has 0 fully saturated rings. The van der Waals surface area contributed by atoms with Gasteiger partial charge in [0.05, 0.1) is 44.1 Å². The molecule has 1 N–H and O–H groups in total. The molecule has 0 atom stereocenters. The lowest BCUT2D eigenvalue weighted by Crippen LogP contribution is -2.29. The molecule has 0 radical (unpaired) electrons. The Bertz CT molecular complexity index is 1390. The van der Waals surface area contributed by atoms with Crippen LogP contribution in [0.5, 0.6) is 5.75 Å². The number of hydrogen-bond acceptors (Lipinski definition) is 8. The van der Waals surface area contributed by atoms with Gasteiger partial charge >= 0.3 is 5.69 Å². The van der Waals surface area contributed by atoms with Crippen LogP contribution in [0.4, 0.5) is 0 Å². The zero-order valence-corrected chi connectivity index (χ0v) is 21.2. The summed E-state index contributed by atoms with van der Waals surface area (Å²) in [6, 6.07) is 13.9. The topological polar surface area (TPSA) is 118 Å². The van der Waals surface area contributed by atoms with Gasteiger partial charge in [0.1, 0.15) is 12.4 Å². The lowest BCUT2D eigenvalue weighted by molar-refractivity contribution is 0.0179. The Kier molecular flexibility index (Phi) is 9.36. The molecular weight excluding hydrogens is 476 g/mol. The molecule has 0 amide bonds. The van der Waals surface area contributed by atoms with E-state index in [1.165, 1.54) is 5.56 Å². The maximum atomic E-state index is 12.5. The van der Waals surface area contributed by atoms with Crippen LogP contribution in [-0.2, 0) is 27.2 Å². The SMILES string of the molecule is COCCOCCOCCOc1cc2c(cc1C)nc1c(=O)[nH]c(=O)nc-1n2CCCc1ccccc1. The Morgan fingerprint density at radius 1 is 0.919 bits per heavy atom. The Labute approximate surface area is 214 Å². The molecule has 4 rings (SSSR count). The molecule has 2 aromatic carbocycles. The van der Waals surface area contributed by atoms with Crippen molar-refractivity contribution in [1.82, 2.24) is 19.5 Å². The van der Waals surface area contributed by atoms with E-state index in [-0.39, 0.29) is 11.5 Å². The molecule has 0 spiro atoms. The molecule has 0 saturated carbocycles. The van der Waals surface area contributed by atoms with E-state index >= 15 is 0 Å². The summed E-state index contributed by atoms with van der Waals surface area (Å²) >= 11 is 0. The van der Waals surface area contributed by atoms with Crippen molar-refractivity contribution in [2.45, 2.75) is 26.3 Å². The summed E-state index contributed by atoms with van der Waals surface area (Å²) < 4.78 is 23.8. The van der Waals surface area contributed by atoms with Crippen LogP contribution >= 0.6 is 0 Å². The molecule has 0 bridgehead atoms. The summed E-state index contributed by atoms with van der Waals surface area (Å²) in [6.07, 6.45) is 1.63. The minimum Gasteiger partial charge on any atom is -0.491 e. The van der Waals surface area contributed by atoms with Crippen molar-refractivity contribution in [2.75, 3.05) is 46.8 Å². The second kappa shape index (κ2) is 13.1. The van der Waals surface area contributed by atoms with Gasteiger partial charge < -0.3 is 23.5 Å². The van der Waals surface area contributed by atoms with Crippen molar-refractivity contribution in [3.8, 4) is 17.3 Å². The van der Waals surface area contributed by atoms with Crippen molar-refractivity contribution >= 4 is 11.0 Å². The average molecular weight is 509 g/mol. The predicted octanol–water partition coefficient (Wildman–Crippen LogP) is 2.58. The van der Waals surface area contributed by atoms with E-state index in [9.17, 15) is 9.59 Å². The summed E-state index contributed by atoms with van der Waals surface area (Å²) in [5, 5.41) is 0. The first-order chi connectivity index (χ1) is 18.1. The summed E-state index contributed by atoms with van der Waals surface area (Å²) in [4.78, 5) is 35.4. The van der Waals surface area contributed by atoms with Crippen molar-refractivity contribution < 1.29 is 18.9 Å². The fraction of sp³-hybridized carbons (Fsp3) is 0.407. The van der Waals surface area contributed by atoms with Crippen LogP contribution in [0.25, 0.3) is 22.6 Å². The average Bonchev–Trinajstić information content (AvgIpc) is 2.89. The summed E-state index contributed by atoms with van der Waals surface area (Å²) in [7, 11) is 1.63. The van der Waals surface area contributed by atoms with Crippen molar-refractivity contribution in [1.29, 1.82) is 0 Å². The van der Waals surface area contributed by atoms with Gasteiger partial charge in [-0.05, 0) is 37.0 Å². The van der Waals surface area contributed by atoms with Gasteiger partial charge in [-0.2, -0.15) is 4.98 Å². The van der Waals surface area contributed by atoms with Gasteiger partial charge in [-0.3, -0.25) is 9.78 Å². The predicted molar refractivity (Wildman–Crippen MR) is 140 cm³/mol. The number of fused-ring (bicyclic) bond motifs is 2. The lowest BCUT2D eigenvalue weighted by atomic mass is 10.1. The molecule has 2 aliphatic heterocycles. The summed E-state index contributed by atoms with van der Waals surface area (Å²) in [5.74, 6) is 0.943. The molecule has 0 unspecified atom stereocenters. The Morgan fingerprint density at radius 2 is 1.65 bits per heavy atom. The van der Waals surface area contributed by atoms with Gasteiger partial charge in [0.15, 0.2) is 11.5 Å². The fourth-order valence-corrected chi connectivity index (χ4v) is 4.07. The normalized spacial score (nSPS) is 11.4. The third-order valence-electron chi connectivity index (χ3n) is 5.88. The highest BCUT2D eigenvalue weighted by molar-refractivity contribution is 5.82. The molecule has 0 aliphatic carbocycles. The highest BCUT2D eigenvalue weighted by Crippen LogP contribution is 2.28. The fourth-order valence-electron chi connectivity index (χ4n) is 4.07. The number of rotatable bonds is 14. The van der Waals surface area contributed by atoms with Crippen molar-refractivity contribution in [3.63, 3.8) is 0 Å². The lowest BCUT2D eigenvalue weighted by Gasteiger charge is -2.18. The highest BCUT2D eigenvalue weighted by Gasteiger charge is 2.19. The Morgan fingerprint density at radius 3 is 2.41 bits per heavy atom. The minimum absolute atomic E-state index is 0.140. The standard InChI is InChI=1S/C27H32N4O6/c1-19-17-21-22(18-23(19)37-16-15-36-14-13-35-12-11-34-2)31(10-6-9-20-7-4-3-5-8-20)25-24(28-21)26(32)30-27(33)29-25/h3-5,7-8,17-18H,6,9-16H2,1-2H3,(H,30,32,33). The molecule has 10 heteroatoms. The Balaban J connectivity index is 1.53. The number of aromatic nitrogens is 4. The number of benzene rings is 2. The van der Waals surface area contributed by atoms with E-state index in [0.717, 1.165) is 23.9 Å². The number of H-pyrrole nitrogens is 1. The van der Waals surface area contributed by atoms with E-state index in [0.29, 0.717) is 57.5 Å². The molecule has 0 saturated heterocycles. The number of nitrogens with zero attached hydrogens (tertiary/aromatic N) is 3. The Hall–Kier alpha value is -3.60. The molecule has 2 aliphatic rings. The number of aryl methyl sites for hydroxylation is 3. The smallest absolute Gasteiger partial charge is 0.349 e. The van der Waals surface area contributed by atoms with Crippen molar-refractivity contribution in [2.24, 2.45) is 0 Å². The van der Waals surface area contributed by atoms with Crippen LogP contribution in [0.15, 0.2) is 52.1 Å². The van der Waals surface area contributed by atoms with Gasteiger partial charge in [-0.1, -0.05) is 30.3 Å². The molecule has 196 valence electrons. The molecular formula is C27H32N4O6. The third-order valence-corrected chi connectivity index (χ3v) is 5.88. The molecule has 0 aromatic heterocycles. The van der Waals surface area contributed by atoms with Crippen LogP contribution in [0.3, 0.4) is 0 Å². The second-order valence-electron chi connectivity index (χ2n) is 8.57. The van der Waals surface area contributed by atoms with Gasteiger partial charge in [-0.25, -0.2) is 9.78 Å². The van der Waals surface area contributed by atoms with E-state index in [1.54, 1.807) is 7.11 Å². The van der Waals surface area contributed by atoms with Gasteiger partial charge in [0.2, 0.25) is 0 Å². The first kappa shape index (κ1) is 26.5. The summed E-state index contributed by atoms with van der Waals surface area (Å²) in [5.41, 5.74) is 2.37. The maximum Gasteiger partial charge on any atom is 0.349 e. The van der Waals surface area contributed by atoms with Crippen LogP contribution in [-0.4, -0.2) is 66.3 Å². The monoisotopic (exact) mass is 508 g/mol. The molecule has 37 heavy (non-hydrogen) atoms. The zero-order valence-electron chi connectivity index (χ0n) is 21.2. The van der Waals surface area contributed by atoms with Crippen LogP contribution in [0, 0.1) is 6.92 Å². The van der Waals surface area contributed by atoms with Gasteiger partial charge in [0, 0.05) is 19.7 Å². The van der Waals surface area contributed by atoms with Crippen LogP contribution in [0.2, 0.25) is 0 Å². The zero-order chi connectivity index (χ0) is 26.0. The second-order valence-corrected chi connectivity index (χ2v) is 8.57. The van der Waals surface area contributed by atoms with Crippen LogP contribution < -0.4 is 16.0 Å². The van der Waals surface area contributed by atoms with E-state index < -0.39 is 11.2 Å². The molecule has 2 aromatic rings. The number of methoxy groups -OCH3 is 1. The molecule has 2 heterocycles. The van der Waals surface area contributed by atoms with Crippen molar-refractivity contribution in [3.05, 3.63) is 74.4 Å². The number of hydrogen-bond donors (Lipinski definition) is 1. The van der Waals surface area contributed by atoms with E-state index in [2.05, 4.69) is 27.1 Å². The maximum absolute atomic E-state index is 12.5. The van der Waals surface area contributed by atoms with Gasteiger partial charge in [-0.15, -0.1) is 0 Å². The first-order valence-corrected chi connectivity index (χ1v) is 12.3. The third kappa shape index (κ3) is 7.00. The molecule has 10 nitrogen and oxygen atoms in total. The highest BCUT2D eigenvalue weighted by atomic mass is 16.6. The van der Waals surface area contributed by atoms with Crippen LogP contribution in [0.1, 0.15) is 17.5 Å². The largest absolute Gasteiger partial charge is 0.491 e. The number of ether oxygens (including phenoxy) is 4. The number of nitrogens with one attached hydrogen (secondary N) is 1. The summed E-state index contributed by atoms with van der Waals surface area (Å²) in [6.45, 7) is 5.31. The minimum atomic E-state index is -0.692.